The van der Waals surface area contributed by atoms with Gasteiger partial charge in [0.2, 0.25) is 11.8 Å². The number of rotatable bonds is 4. The lowest BCUT2D eigenvalue weighted by Gasteiger charge is -2.17. The van der Waals surface area contributed by atoms with Gasteiger partial charge >= 0.3 is 0 Å². The molecule has 2 saturated heterocycles. The molecule has 1 aromatic carbocycles. The van der Waals surface area contributed by atoms with Crippen LogP contribution in [0.25, 0.3) is 0 Å². The Morgan fingerprint density at radius 3 is 3.05 bits per heavy atom. The number of nitrogens with zero attached hydrogens (tertiary/aromatic N) is 1. The van der Waals surface area contributed by atoms with E-state index in [9.17, 15) is 9.59 Å². The van der Waals surface area contributed by atoms with Gasteiger partial charge in [0.05, 0.1) is 12.0 Å². The molecule has 0 spiro atoms. The summed E-state index contributed by atoms with van der Waals surface area (Å²) in [6.45, 7) is 1.76. The largest absolute Gasteiger partial charge is 0.376 e. The molecule has 1 aromatic rings. The molecule has 1 N–H and O–H groups in total. The van der Waals surface area contributed by atoms with Crippen molar-refractivity contribution < 1.29 is 14.3 Å². The third kappa shape index (κ3) is 3.50. The van der Waals surface area contributed by atoms with Gasteiger partial charge in [0.15, 0.2) is 0 Å². The van der Waals surface area contributed by atoms with E-state index in [0.717, 1.165) is 29.6 Å². The lowest BCUT2D eigenvalue weighted by molar-refractivity contribution is -0.126. The van der Waals surface area contributed by atoms with E-state index in [1.54, 1.807) is 4.90 Å². The first kappa shape index (κ1) is 15.5. The van der Waals surface area contributed by atoms with Crippen molar-refractivity contribution in [3.05, 3.63) is 28.7 Å². The molecular formula is C16H19BrN2O3. The molecule has 2 fully saturated rings. The molecular weight excluding hydrogens is 348 g/mol. The number of ether oxygens (including phenoxy) is 1. The summed E-state index contributed by atoms with van der Waals surface area (Å²) in [4.78, 5) is 26.1. The standard InChI is InChI=1S/C16H19BrN2O3/c17-12-3-1-4-13(8-12)19-10-11(7-15(19)20)16(21)18-9-14-5-2-6-22-14/h1,3-4,8,11,14H,2,5-7,9-10H2,(H,18,21)/t11-,14-/m1/s1. The fourth-order valence-corrected chi connectivity index (χ4v) is 3.33. The normalized spacial score (nSPS) is 24.8. The van der Waals surface area contributed by atoms with Crippen LogP contribution in [0.15, 0.2) is 28.7 Å². The Labute approximate surface area is 138 Å². The van der Waals surface area contributed by atoms with Gasteiger partial charge in [-0.25, -0.2) is 0 Å². The van der Waals surface area contributed by atoms with Crippen molar-refractivity contribution in [3.63, 3.8) is 0 Å². The van der Waals surface area contributed by atoms with Crippen LogP contribution >= 0.6 is 15.9 Å². The van der Waals surface area contributed by atoms with Gasteiger partial charge in [-0.3, -0.25) is 9.59 Å². The number of carbonyl (C=O) groups is 2. The van der Waals surface area contributed by atoms with Crippen LogP contribution in [-0.2, 0) is 14.3 Å². The van der Waals surface area contributed by atoms with Gasteiger partial charge in [0, 0.05) is 36.3 Å². The highest BCUT2D eigenvalue weighted by Crippen LogP contribution is 2.27. The third-order valence-electron chi connectivity index (χ3n) is 4.14. The second-order valence-corrected chi connectivity index (χ2v) is 6.68. The quantitative estimate of drug-likeness (QED) is 0.887. The zero-order valence-electron chi connectivity index (χ0n) is 12.3. The molecule has 6 heteroatoms. The predicted octanol–water partition coefficient (Wildman–Crippen LogP) is 2.10. The smallest absolute Gasteiger partial charge is 0.227 e. The number of amides is 2. The minimum Gasteiger partial charge on any atom is -0.376 e. The molecule has 0 radical (unpaired) electrons. The van der Waals surface area contributed by atoms with Gasteiger partial charge in [-0.1, -0.05) is 22.0 Å². The summed E-state index contributed by atoms with van der Waals surface area (Å²) in [6.07, 6.45) is 2.44. The van der Waals surface area contributed by atoms with Crippen molar-refractivity contribution in [1.29, 1.82) is 0 Å². The third-order valence-corrected chi connectivity index (χ3v) is 4.64. The number of halogens is 1. The van der Waals surface area contributed by atoms with E-state index in [1.165, 1.54) is 0 Å². The van der Waals surface area contributed by atoms with Crippen molar-refractivity contribution in [2.24, 2.45) is 5.92 Å². The molecule has 2 aliphatic heterocycles. The Balaban J connectivity index is 1.57. The van der Waals surface area contributed by atoms with Gasteiger partial charge in [-0.05, 0) is 31.0 Å². The highest BCUT2D eigenvalue weighted by Gasteiger charge is 2.35. The van der Waals surface area contributed by atoms with Gasteiger partial charge < -0.3 is 15.0 Å². The lowest BCUT2D eigenvalue weighted by Crippen LogP contribution is -2.37. The van der Waals surface area contributed by atoms with Crippen LogP contribution in [-0.4, -0.2) is 37.6 Å². The summed E-state index contributed by atoms with van der Waals surface area (Å²) >= 11 is 3.40. The van der Waals surface area contributed by atoms with Gasteiger partial charge in [-0.2, -0.15) is 0 Å². The number of anilines is 1. The number of carbonyl (C=O) groups excluding carboxylic acids is 2. The molecule has 0 bridgehead atoms. The molecule has 5 nitrogen and oxygen atoms in total. The maximum absolute atomic E-state index is 12.2. The molecule has 0 aliphatic carbocycles. The summed E-state index contributed by atoms with van der Waals surface area (Å²) in [5, 5.41) is 2.92. The van der Waals surface area contributed by atoms with Gasteiger partial charge in [-0.15, -0.1) is 0 Å². The summed E-state index contributed by atoms with van der Waals surface area (Å²) in [6, 6.07) is 7.58. The van der Waals surface area contributed by atoms with Crippen LogP contribution in [0, 0.1) is 5.92 Å². The topological polar surface area (TPSA) is 58.6 Å². The second-order valence-electron chi connectivity index (χ2n) is 5.77. The summed E-state index contributed by atoms with van der Waals surface area (Å²) in [5.74, 6) is -0.343. The van der Waals surface area contributed by atoms with Crippen molar-refractivity contribution in [1.82, 2.24) is 5.32 Å². The molecule has 0 unspecified atom stereocenters. The fourth-order valence-electron chi connectivity index (χ4n) is 2.94. The summed E-state index contributed by atoms with van der Waals surface area (Å²) in [7, 11) is 0. The average molecular weight is 367 g/mol. The van der Waals surface area contributed by atoms with Crippen LogP contribution in [0.1, 0.15) is 19.3 Å². The first-order valence-electron chi connectivity index (χ1n) is 7.59. The maximum atomic E-state index is 12.2. The Kier molecular flexibility index (Phi) is 4.78. The average Bonchev–Trinajstić information content (AvgIpc) is 3.14. The summed E-state index contributed by atoms with van der Waals surface area (Å²) in [5.41, 5.74) is 0.828. The van der Waals surface area contributed by atoms with Crippen LogP contribution in [0.5, 0.6) is 0 Å². The van der Waals surface area contributed by atoms with E-state index < -0.39 is 0 Å². The fraction of sp³-hybridized carbons (Fsp3) is 0.500. The van der Waals surface area contributed by atoms with Crippen LogP contribution in [0.2, 0.25) is 0 Å². The van der Waals surface area contributed by atoms with Crippen molar-refractivity contribution in [2.45, 2.75) is 25.4 Å². The monoisotopic (exact) mass is 366 g/mol. The van der Waals surface area contributed by atoms with E-state index in [1.807, 2.05) is 24.3 Å². The van der Waals surface area contributed by atoms with Gasteiger partial charge in [0.1, 0.15) is 0 Å². The Hall–Kier alpha value is -1.40. The minimum atomic E-state index is -0.284. The first-order valence-corrected chi connectivity index (χ1v) is 8.38. The van der Waals surface area contributed by atoms with Crippen molar-refractivity contribution >= 4 is 33.4 Å². The zero-order chi connectivity index (χ0) is 15.5. The molecule has 3 rings (SSSR count). The SMILES string of the molecule is O=C(NC[C@H]1CCCO1)[C@@H]1CC(=O)N(c2cccc(Br)c2)C1. The highest BCUT2D eigenvalue weighted by atomic mass is 79.9. The van der Waals surface area contributed by atoms with Gasteiger partial charge in [0.25, 0.3) is 0 Å². The van der Waals surface area contributed by atoms with E-state index in [0.29, 0.717) is 13.1 Å². The van der Waals surface area contributed by atoms with E-state index in [4.69, 9.17) is 4.74 Å². The Bertz CT molecular complexity index is 572. The minimum absolute atomic E-state index is 0.00429. The Morgan fingerprint density at radius 1 is 1.45 bits per heavy atom. The molecule has 2 amide bonds. The van der Waals surface area contributed by atoms with Crippen molar-refractivity contribution in [3.8, 4) is 0 Å². The van der Waals surface area contributed by atoms with E-state index >= 15 is 0 Å². The number of nitrogens with one attached hydrogen (secondary N) is 1. The molecule has 0 saturated carbocycles. The Morgan fingerprint density at radius 2 is 2.32 bits per heavy atom. The highest BCUT2D eigenvalue weighted by molar-refractivity contribution is 9.10. The molecule has 118 valence electrons. The van der Waals surface area contributed by atoms with Crippen LogP contribution in [0.4, 0.5) is 5.69 Å². The van der Waals surface area contributed by atoms with Crippen LogP contribution in [0.3, 0.4) is 0 Å². The van der Waals surface area contributed by atoms with E-state index in [2.05, 4.69) is 21.2 Å². The van der Waals surface area contributed by atoms with Crippen LogP contribution < -0.4 is 10.2 Å². The first-order chi connectivity index (χ1) is 10.6. The molecule has 0 aromatic heterocycles. The summed E-state index contributed by atoms with van der Waals surface area (Å²) < 4.78 is 6.41. The van der Waals surface area contributed by atoms with E-state index in [-0.39, 0.29) is 30.3 Å². The number of hydrogen-bond donors (Lipinski definition) is 1. The lowest BCUT2D eigenvalue weighted by atomic mass is 10.1. The zero-order valence-corrected chi connectivity index (χ0v) is 13.8. The second kappa shape index (κ2) is 6.79. The predicted molar refractivity (Wildman–Crippen MR) is 86.6 cm³/mol. The number of benzene rings is 1. The molecule has 2 aliphatic rings. The molecule has 22 heavy (non-hydrogen) atoms. The molecule has 2 heterocycles. The molecule has 2 atom stereocenters. The van der Waals surface area contributed by atoms with Crippen molar-refractivity contribution in [2.75, 3.05) is 24.6 Å². The maximum Gasteiger partial charge on any atom is 0.227 e. The number of hydrogen-bond acceptors (Lipinski definition) is 3.